The summed E-state index contributed by atoms with van der Waals surface area (Å²) in [6, 6.07) is 13.2. The molecule has 0 amide bonds. The predicted octanol–water partition coefficient (Wildman–Crippen LogP) is 4.89. The highest BCUT2D eigenvalue weighted by molar-refractivity contribution is 5.72. The van der Waals surface area contributed by atoms with Gasteiger partial charge in [0.25, 0.3) is 0 Å². The van der Waals surface area contributed by atoms with Crippen LogP contribution in [-0.4, -0.2) is 34.3 Å². The van der Waals surface area contributed by atoms with Crippen molar-refractivity contribution < 1.29 is 19.4 Å². The normalized spacial score (nSPS) is 10.6. The third-order valence-electron chi connectivity index (χ3n) is 4.82. The topological polar surface area (TPSA) is 105 Å². The molecule has 0 bridgehead atoms. The van der Waals surface area contributed by atoms with Crippen molar-refractivity contribution >= 4 is 5.97 Å². The van der Waals surface area contributed by atoms with Crippen molar-refractivity contribution in [3.05, 3.63) is 59.9 Å². The van der Waals surface area contributed by atoms with Gasteiger partial charge >= 0.3 is 5.97 Å². The van der Waals surface area contributed by atoms with Crippen molar-refractivity contribution in [2.24, 2.45) is 0 Å². The molecule has 0 aliphatic rings. The van der Waals surface area contributed by atoms with Gasteiger partial charge in [-0.2, -0.15) is 5.26 Å². The van der Waals surface area contributed by atoms with Crippen molar-refractivity contribution in [1.29, 1.82) is 5.26 Å². The van der Waals surface area contributed by atoms with E-state index in [4.69, 9.17) is 14.6 Å². The summed E-state index contributed by atoms with van der Waals surface area (Å²) < 4.78 is 11.3. The Morgan fingerprint density at radius 3 is 2.53 bits per heavy atom. The highest BCUT2D eigenvalue weighted by atomic mass is 16.5. The van der Waals surface area contributed by atoms with Crippen LogP contribution in [0, 0.1) is 11.3 Å². The molecule has 7 nitrogen and oxygen atoms in total. The van der Waals surface area contributed by atoms with Gasteiger partial charge in [-0.3, -0.25) is 4.79 Å². The lowest BCUT2D eigenvalue weighted by atomic mass is 10.00. The number of hydrogen-bond acceptors (Lipinski definition) is 6. The van der Waals surface area contributed by atoms with E-state index in [0.29, 0.717) is 35.7 Å². The Labute approximate surface area is 187 Å². The Kier molecular flexibility index (Phi) is 7.40. The summed E-state index contributed by atoms with van der Waals surface area (Å²) in [6.07, 6.45) is 4.64. The first-order valence-electron chi connectivity index (χ1n) is 10.3. The third kappa shape index (κ3) is 5.41. The van der Waals surface area contributed by atoms with Gasteiger partial charge in [-0.25, -0.2) is 9.97 Å². The zero-order valence-corrected chi connectivity index (χ0v) is 18.3. The van der Waals surface area contributed by atoms with Gasteiger partial charge in [0.15, 0.2) is 5.82 Å². The summed E-state index contributed by atoms with van der Waals surface area (Å²) in [4.78, 5) is 19.8. The Morgan fingerprint density at radius 1 is 1.16 bits per heavy atom. The van der Waals surface area contributed by atoms with Gasteiger partial charge in [0, 0.05) is 35.5 Å². The van der Waals surface area contributed by atoms with Crippen LogP contribution in [0.3, 0.4) is 0 Å². The maximum Gasteiger partial charge on any atom is 0.303 e. The molecule has 0 atom stereocenters. The molecule has 1 N–H and O–H groups in total. The Hall–Kier alpha value is -3.92. The molecule has 1 aromatic heterocycles. The molecule has 3 rings (SSSR count). The first-order chi connectivity index (χ1) is 15.4. The monoisotopic (exact) mass is 431 g/mol. The number of para-hydroxylation sites is 1. The van der Waals surface area contributed by atoms with Crippen LogP contribution in [0.25, 0.3) is 22.5 Å². The highest BCUT2D eigenvalue weighted by Gasteiger charge is 2.14. The van der Waals surface area contributed by atoms with Crippen LogP contribution in [0.5, 0.6) is 11.5 Å². The van der Waals surface area contributed by atoms with Crippen molar-refractivity contribution in [2.45, 2.75) is 39.2 Å². The summed E-state index contributed by atoms with van der Waals surface area (Å²) in [5.41, 5.74) is 3.71. The number of aryl methyl sites for hydroxylation is 1. The van der Waals surface area contributed by atoms with Crippen molar-refractivity contribution in [3.8, 4) is 40.1 Å². The smallest absolute Gasteiger partial charge is 0.303 e. The third-order valence-corrected chi connectivity index (χ3v) is 4.82. The van der Waals surface area contributed by atoms with Crippen LogP contribution in [-0.2, 0) is 11.2 Å². The minimum absolute atomic E-state index is 0.0293. The first-order valence-corrected chi connectivity index (χ1v) is 10.3. The fraction of sp³-hybridized carbons (Fsp3) is 0.280. The number of methoxy groups -OCH3 is 1. The second-order valence-electron chi connectivity index (χ2n) is 7.53. The van der Waals surface area contributed by atoms with Crippen molar-refractivity contribution in [1.82, 2.24) is 9.97 Å². The van der Waals surface area contributed by atoms with E-state index in [0.717, 1.165) is 22.3 Å². The summed E-state index contributed by atoms with van der Waals surface area (Å²) in [6.45, 7) is 3.82. The standard InChI is InChI=1S/C25H25N3O4/c1-16(2)32-22-11-10-18(12-19(22)13-26)25-27-14-20(15-28-25)21-8-4-6-17(24(21)31-3)7-5-9-23(29)30/h4,6,8,10-12,14-16H,5,7,9H2,1-3H3,(H,29,30). The molecule has 0 saturated carbocycles. The number of benzene rings is 2. The quantitative estimate of drug-likeness (QED) is 0.514. The number of ether oxygens (including phenoxy) is 2. The van der Waals surface area contributed by atoms with Crippen LogP contribution < -0.4 is 9.47 Å². The maximum absolute atomic E-state index is 10.8. The predicted molar refractivity (Wildman–Crippen MR) is 121 cm³/mol. The highest BCUT2D eigenvalue weighted by Crippen LogP contribution is 2.34. The van der Waals surface area contributed by atoms with E-state index in [-0.39, 0.29) is 12.5 Å². The number of rotatable bonds is 9. The van der Waals surface area contributed by atoms with Crippen LogP contribution in [0.4, 0.5) is 0 Å². The minimum Gasteiger partial charge on any atom is -0.496 e. The molecule has 0 aliphatic carbocycles. The molecule has 32 heavy (non-hydrogen) atoms. The van der Waals surface area contributed by atoms with Crippen LogP contribution in [0.2, 0.25) is 0 Å². The number of hydrogen-bond donors (Lipinski definition) is 1. The van der Waals surface area contributed by atoms with Gasteiger partial charge in [-0.1, -0.05) is 18.2 Å². The second-order valence-corrected chi connectivity index (χ2v) is 7.53. The summed E-state index contributed by atoms with van der Waals surface area (Å²) in [5, 5.41) is 18.3. The molecule has 0 radical (unpaired) electrons. The largest absolute Gasteiger partial charge is 0.496 e. The molecule has 0 aliphatic heterocycles. The van der Waals surface area contributed by atoms with Gasteiger partial charge in [0.05, 0.1) is 18.8 Å². The molecular weight excluding hydrogens is 406 g/mol. The molecule has 3 aromatic rings. The number of aliphatic carboxylic acids is 1. The lowest BCUT2D eigenvalue weighted by Crippen LogP contribution is -2.06. The zero-order chi connectivity index (χ0) is 23.1. The summed E-state index contributed by atoms with van der Waals surface area (Å²) >= 11 is 0. The Bertz CT molecular complexity index is 1130. The number of carbonyl (C=O) groups is 1. The van der Waals surface area contributed by atoms with Gasteiger partial charge in [-0.05, 0) is 50.5 Å². The fourth-order valence-corrected chi connectivity index (χ4v) is 3.41. The maximum atomic E-state index is 10.8. The Morgan fingerprint density at radius 2 is 1.91 bits per heavy atom. The van der Waals surface area contributed by atoms with E-state index in [1.165, 1.54) is 0 Å². The molecule has 2 aromatic carbocycles. The van der Waals surface area contributed by atoms with Crippen LogP contribution >= 0.6 is 0 Å². The van der Waals surface area contributed by atoms with Gasteiger partial charge < -0.3 is 14.6 Å². The number of nitriles is 1. The molecule has 0 fully saturated rings. The zero-order valence-electron chi connectivity index (χ0n) is 18.3. The lowest BCUT2D eigenvalue weighted by molar-refractivity contribution is -0.137. The average molecular weight is 431 g/mol. The lowest BCUT2D eigenvalue weighted by Gasteiger charge is -2.14. The van der Waals surface area contributed by atoms with E-state index in [9.17, 15) is 10.1 Å². The molecule has 0 saturated heterocycles. The van der Waals surface area contributed by atoms with Gasteiger partial charge in [0.1, 0.15) is 17.6 Å². The van der Waals surface area contributed by atoms with E-state index in [1.807, 2.05) is 38.1 Å². The average Bonchev–Trinajstić information content (AvgIpc) is 2.78. The van der Waals surface area contributed by atoms with E-state index >= 15 is 0 Å². The van der Waals surface area contributed by atoms with Crippen LogP contribution in [0.15, 0.2) is 48.8 Å². The molecule has 164 valence electrons. The van der Waals surface area contributed by atoms with E-state index in [1.54, 1.807) is 31.6 Å². The van der Waals surface area contributed by atoms with Gasteiger partial charge in [-0.15, -0.1) is 0 Å². The first kappa shape index (κ1) is 22.8. The SMILES string of the molecule is COc1c(CCCC(=O)O)cccc1-c1cnc(-c2ccc(OC(C)C)c(C#N)c2)nc1. The molecule has 0 spiro atoms. The van der Waals surface area contributed by atoms with E-state index in [2.05, 4.69) is 16.0 Å². The molecule has 0 unspecified atom stereocenters. The Balaban J connectivity index is 1.87. The summed E-state index contributed by atoms with van der Waals surface area (Å²) in [7, 11) is 1.60. The number of carboxylic acid groups (broad SMARTS) is 1. The summed E-state index contributed by atoms with van der Waals surface area (Å²) in [5.74, 6) is 0.911. The molecule has 1 heterocycles. The second kappa shape index (κ2) is 10.4. The molecule has 7 heteroatoms. The van der Waals surface area contributed by atoms with Crippen molar-refractivity contribution in [3.63, 3.8) is 0 Å². The molecular formula is C25H25N3O4. The van der Waals surface area contributed by atoms with Gasteiger partial charge in [0.2, 0.25) is 0 Å². The van der Waals surface area contributed by atoms with Crippen molar-refractivity contribution in [2.75, 3.05) is 7.11 Å². The minimum atomic E-state index is -0.813. The number of carboxylic acids is 1. The fourth-order valence-electron chi connectivity index (χ4n) is 3.41. The van der Waals surface area contributed by atoms with Crippen LogP contribution in [0.1, 0.15) is 37.8 Å². The number of aromatic nitrogens is 2. The van der Waals surface area contributed by atoms with E-state index < -0.39 is 5.97 Å². The number of nitrogens with zero attached hydrogens (tertiary/aromatic N) is 3.